The molecule has 150 valence electrons. The fraction of sp³-hybridized carbons (Fsp3) is 0.400. The maximum Gasteiger partial charge on any atom is 0.207 e. The molecule has 0 saturated carbocycles. The number of phenols is 1. The van der Waals surface area contributed by atoms with Crippen molar-refractivity contribution in [2.45, 2.75) is 52.3 Å². The Labute approximate surface area is 165 Å². The van der Waals surface area contributed by atoms with Gasteiger partial charge in [0.15, 0.2) is 29.0 Å². The molecule has 0 saturated heterocycles. The van der Waals surface area contributed by atoms with Gasteiger partial charge in [0.1, 0.15) is 0 Å². The molecule has 1 N–H and O–H groups in total. The van der Waals surface area contributed by atoms with Crippen molar-refractivity contribution in [3.05, 3.63) is 52.1 Å². The van der Waals surface area contributed by atoms with Crippen LogP contribution in [0.3, 0.4) is 0 Å². The topological polar surface area (TPSA) is 29.5 Å². The summed E-state index contributed by atoms with van der Waals surface area (Å²) in [6, 6.07) is 3.14. The van der Waals surface area contributed by atoms with E-state index in [0.29, 0.717) is 5.56 Å². The standard InChI is InChI=1S/C18H17BrF4O2.C2H6/c1-8-12(20)14(22)15(23)17(13(8)21)25-11-6-10(18(2,3)4)5-9(7-19)16(11)24;1-2/h5-6,24H,7H2,1-4H3;1-2H3. The normalized spacial score (nSPS) is 11.1. The highest BCUT2D eigenvalue weighted by molar-refractivity contribution is 9.08. The van der Waals surface area contributed by atoms with E-state index in [4.69, 9.17) is 4.74 Å². The molecule has 0 amide bonds. The van der Waals surface area contributed by atoms with Crippen LogP contribution in [0, 0.1) is 30.2 Å². The lowest BCUT2D eigenvalue weighted by Gasteiger charge is -2.22. The van der Waals surface area contributed by atoms with E-state index in [9.17, 15) is 22.7 Å². The summed E-state index contributed by atoms with van der Waals surface area (Å²) in [6.45, 7) is 10.7. The third kappa shape index (κ3) is 4.75. The second-order valence-corrected chi connectivity index (χ2v) is 7.24. The predicted octanol–water partition coefficient (Wildman–Crippen LogP) is 7.27. The molecule has 2 rings (SSSR count). The molecule has 0 unspecified atom stereocenters. The van der Waals surface area contributed by atoms with Gasteiger partial charge in [0.25, 0.3) is 0 Å². The van der Waals surface area contributed by atoms with Crippen LogP contribution in [0.1, 0.15) is 51.3 Å². The first kappa shape index (κ1) is 23.3. The molecule has 7 heteroatoms. The van der Waals surface area contributed by atoms with E-state index in [1.54, 1.807) is 6.07 Å². The monoisotopic (exact) mass is 450 g/mol. The number of alkyl halides is 1. The third-order valence-electron chi connectivity index (χ3n) is 3.82. The zero-order valence-electron chi connectivity index (χ0n) is 16.1. The number of hydrogen-bond donors (Lipinski definition) is 1. The van der Waals surface area contributed by atoms with Crippen LogP contribution in [-0.2, 0) is 10.7 Å². The Balaban J connectivity index is 0.00000176. The molecule has 0 bridgehead atoms. The van der Waals surface area contributed by atoms with Gasteiger partial charge < -0.3 is 9.84 Å². The molecular weight excluding hydrogens is 428 g/mol. The zero-order valence-corrected chi connectivity index (χ0v) is 17.7. The van der Waals surface area contributed by atoms with Crippen molar-refractivity contribution in [3.8, 4) is 17.2 Å². The molecule has 0 spiro atoms. The van der Waals surface area contributed by atoms with Crippen LogP contribution >= 0.6 is 15.9 Å². The number of aromatic hydroxyl groups is 1. The Hall–Kier alpha value is -1.76. The number of hydrogen-bond acceptors (Lipinski definition) is 2. The van der Waals surface area contributed by atoms with E-state index in [1.807, 2.05) is 34.6 Å². The van der Waals surface area contributed by atoms with Crippen LogP contribution in [0.4, 0.5) is 17.6 Å². The number of phenolic OH excluding ortho intramolecular Hbond substituents is 1. The molecule has 2 aromatic rings. The van der Waals surface area contributed by atoms with Crippen LogP contribution in [-0.4, -0.2) is 5.11 Å². The van der Waals surface area contributed by atoms with Gasteiger partial charge in [-0.05, 0) is 24.0 Å². The maximum atomic E-state index is 14.2. The van der Waals surface area contributed by atoms with E-state index < -0.39 is 34.6 Å². The number of ether oxygens (including phenoxy) is 1. The largest absolute Gasteiger partial charge is 0.504 e. The second kappa shape index (κ2) is 8.95. The minimum Gasteiger partial charge on any atom is -0.504 e. The SMILES string of the molecule is CC.Cc1c(F)c(F)c(F)c(Oc2cc(C(C)(C)C)cc(CBr)c2O)c1F. The van der Waals surface area contributed by atoms with Crippen molar-refractivity contribution in [2.24, 2.45) is 0 Å². The smallest absolute Gasteiger partial charge is 0.207 e. The second-order valence-electron chi connectivity index (χ2n) is 6.68. The summed E-state index contributed by atoms with van der Waals surface area (Å²) in [6.07, 6.45) is 0. The molecule has 0 aliphatic rings. The average molecular weight is 451 g/mol. The summed E-state index contributed by atoms with van der Waals surface area (Å²) in [5, 5.41) is 10.5. The number of rotatable bonds is 3. The van der Waals surface area contributed by atoms with Gasteiger partial charge in [-0.15, -0.1) is 0 Å². The summed E-state index contributed by atoms with van der Waals surface area (Å²) in [4.78, 5) is 0. The maximum absolute atomic E-state index is 14.2. The van der Waals surface area contributed by atoms with Gasteiger partial charge in [-0.2, -0.15) is 4.39 Å². The van der Waals surface area contributed by atoms with Crippen molar-refractivity contribution in [2.75, 3.05) is 0 Å². The van der Waals surface area contributed by atoms with Gasteiger partial charge in [0.05, 0.1) is 0 Å². The molecule has 0 aromatic heterocycles. The van der Waals surface area contributed by atoms with E-state index >= 15 is 0 Å². The van der Waals surface area contributed by atoms with Gasteiger partial charge in [-0.25, -0.2) is 13.2 Å². The summed E-state index contributed by atoms with van der Waals surface area (Å²) in [5.41, 5.74) is 0.113. The van der Waals surface area contributed by atoms with Crippen LogP contribution in [0.15, 0.2) is 12.1 Å². The number of benzene rings is 2. The number of halogens is 5. The molecule has 0 aliphatic heterocycles. The van der Waals surface area contributed by atoms with E-state index in [1.165, 1.54) is 6.07 Å². The van der Waals surface area contributed by atoms with Crippen LogP contribution in [0.2, 0.25) is 0 Å². The van der Waals surface area contributed by atoms with Crippen LogP contribution < -0.4 is 4.74 Å². The highest BCUT2D eigenvalue weighted by Gasteiger charge is 2.27. The Morgan fingerprint density at radius 1 is 0.963 bits per heavy atom. The molecular formula is C20H23BrF4O2. The lowest BCUT2D eigenvalue weighted by atomic mass is 9.86. The van der Waals surface area contributed by atoms with Gasteiger partial charge in [-0.3, -0.25) is 0 Å². The predicted molar refractivity (Wildman–Crippen MR) is 102 cm³/mol. The Bertz CT molecular complexity index is 801. The zero-order chi connectivity index (χ0) is 21.1. The summed E-state index contributed by atoms with van der Waals surface area (Å²) >= 11 is 3.22. The molecule has 0 fully saturated rings. The van der Waals surface area contributed by atoms with Crippen molar-refractivity contribution in [3.63, 3.8) is 0 Å². The molecule has 0 radical (unpaired) electrons. The Morgan fingerprint density at radius 3 is 2.00 bits per heavy atom. The van der Waals surface area contributed by atoms with E-state index in [-0.39, 0.29) is 22.2 Å². The highest BCUT2D eigenvalue weighted by Crippen LogP contribution is 2.41. The first-order valence-electron chi connectivity index (χ1n) is 8.41. The van der Waals surface area contributed by atoms with E-state index in [2.05, 4.69) is 15.9 Å². The fourth-order valence-corrected chi connectivity index (χ4v) is 2.63. The summed E-state index contributed by atoms with van der Waals surface area (Å²) in [5.74, 6) is -8.29. The molecule has 2 aromatic carbocycles. The van der Waals surface area contributed by atoms with E-state index in [0.717, 1.165) is 12.5 Å². The third-order valence-corrected chi connectivity index (χ3v) is 4.42. The van der Waals surface area contributed by atoms with Crippen molar-refractivity contribution >= 4 is 15.9 Å². The first-order valence-corrected chi connectivity index (χ1v) is 9.53. The lowest BCUT2D eigenvalue weighted by Crippen LogP contribution is -2.12. The first-order chi connectivity index (χ1) is 12.5. The average Bonchev–Trinajstić information content (AvgIpc) is 2.63. The van der Waals surface area contributed by atoms with Crippen LogP contribution in [0.25, 0.3) is 0 Å². The highest BCUT2D eigenvalue weighted by atomic mass is 79.9. The van der Waals surface area contributed by atoms with Crippen molar-refractivity contribution in [1.29, 1.82) is 0 Å². The summed E-state index contributed by atoms with van der Waals surface area (Å²) < 4.78 is 60.3. The minimum atomic E-state index is -1.83. The molecule has 27 heavy (non-hydrogen) atoms. The van der Waals surface area contributed by atoms with Gasteiger partial charge in [-0.1, -0.05) is 56.6 Å². The lowest BCUT2D eigenvalue weighted by molar-refractivity contribution is 0.347. The van der Waals surface area contributed by atoms with Crippen LogP contribution in [0.5, 0.6) is 17.2 Å². The molecule has 0 aliphatic carbocycles. The molecule has 0 atom stereocenters. The Kier molecular flexibility index (Phi) is 7.72. The van der Waals surface area contributed by atoms with Gasteiger partial charge in [0, 0.05) is 16.5 Å². The van der Waals surface area contributed by atoms with Gasteiger partial charge >= 0.3 is 0 Å². The van der Waals surface area contributed by atoms with Crippen molar-refractivity contribution < 1.29 is 27.4 Å². The molecule has 0 heterocycles. The minimum absolute atomic E-state index is 0.245. The molecule has 2 nitrogen and oxygen atoms in total. The summed E-state index contributed by atoms with van der Waals surface area (Å²) in [7, 11) is 0. The fourth-order valence-electron chi connectivity index (χ4n) is 2.20. The van der Waals surface area contributed by atoms with Gasteiger partial charge in [0.2, 0.25) is 11.6 Å². The van der Waals surface area contributed by atoms with Crippen molar-refractivity contribution in [1.82, 2.24) is 0 Å². The Morgan fingerprint density at radius 2 is 1.52 bits per heavy atom. The quantitative estimate of drug-likeness (QED) is 0.230.